The molecule has 0 atom stereocenters. The Hall–Kier alpha value is -3.60. The first kappa shape index (κ1) is 27.0. The molecule has 3 aromatic rings. The number of rotatable bonds is 7. The number of benzene rings is 3. The molecule has 2 fully saturated rings. The van der Waals surface area contributed by atoms with Crippen molar-refractivity contribution < 1.29 is 5.11 Å². The second-order valence-corrected chi connectivity index (χ2v) is 11.3. The summed E-state index contributed by atoms with van der Waals surface area (Å²) in [6, 6.07) is 19.0. The Morgan fingerprint density at radius 1 is 0.718 bits per heavy atom. The summed E-state index contributed by atoms with van der Waals surface area (Å²) in [4.78, 5) is 0. The molecule has 0 unspecified atom stereocenters. The van der Waals surface area contributed by atoms with Crippen LogP contribution in [0.1, 0.15) is 97.9 Å². The first-order chi connectivity index (χ1) is 19.0. The molecule has 0 aromatic heterocycles. The van der Waals surface area contributed by atoms with E-state index in [1.54, 1.807) is 6.07 Å². The largest absolute Gasteiger partial charge is 0.506 e. The molecule has 5 heteroatoms. The molecule has 0 heterocycles. The molecule has 2 aliphatic rings. The summed E-state index contributed by atoms with van der Waals surface area (Å²) in [5.41, 5.74) is 8.41. The highest BCUT2D eigenvalue weighted by molar-refractivity contribution is 5.56. The molecule has 1 N–H and O–H groups in total. The molecular formula is C34H40N4O. The Labute approximate surface area is 232 Å². The number of aromatic hydroxyl groups is 1. The monoisotopic (exact) mass is 520 g/mol. The van der Waals surface area contributed by atoms with E-state index in [2.05, 4.69) is 77.3 Å². The van der Waals surface area contributed by atoms with E-state index in [9.17, 15) is 5.11 Å². The minimum Gasteiger partial charge on any atom is -0.506 e. The molecule has 39 heavy (non-hydrogen) atoms. The molecule has 0 radical (unpaired) electrons. The number of nitrogens with zero attached hydrogens (tertiary/aromatic N) is 4. The Morgan fingerprint density at radius 2 is 1.31 bits per heavy atom. The second kappa shape index (κ2) is 12.1. The summed E-state index contributed by atoms with van der Waals surface area (Å²) < 4.78 is 0. The molecule has 0 bridgehead atoms. The molecule has 0 amide bonds. The SMILES string of the molecule is C=C/N=N/c1ccc(C2(c3ccc(/N=N/c4cc(C5CCCCC5)ccc4O)c(C)c3)CCCCC2)cc1C. The van der Waals surface area contributed by atoms with Crippen molar-refractivity contribution in [2.75, 3.05) is 0 Å². The van der Waals surface area contributed by atoms with E-state index in [0.717, 1.165) is 35.3 Å². The maximum Gasteiger partial charge on any atom is 0.143 e. The van der Waals surface area contributed by atoms with E-state index >= 15 is 0 Å². The highest BCUT2D eigenvalue weighted by Crippen LogP contribution is 2.47. The van der Waals surface area contributed by atoms with Gasteiger partial charge in [0.05, 0.1) is 11.4 Å². The smallest absolute Gasteiger partial charge is 0.143 e. The van der Waals surface area contributed by atoms with Gasteiger partial charge < -0.3 is 5.11 Å². The summed E-state index contributed by atoms with van der Waals surface area (Å²) in [6.45, 7) is 7.84. The maximum absolute atomic E-state index is 10.5. The lowest BCUT2D eigenvalue weighted by Gasteiger charge is -2.39. The fourth-order valence-electron chi connectivity index (χ4n) is 6.55. The van der Waals surface area contributed by atoms with Crippen LogP contribution in [0, 0.1) is 13.8 Å². The van der Waals surface area contributed by atoms with Crippen LogP contribution in [0.15, 0.2) is 87.8 Å². The molecule has 0 aliphatic heterocycles. The van der Waals surface area contributed by atoms with Crippen molar-refractivity contribution >= 4 is 17.1 Å². The Balaban J connectivity index is 1.43. The Bertz CT molecular complexity index is 1380. The first-order valence-electron chi connectivity index (χ1n) is 14.5. The van der Waals surface area contributed by atoms with Crippen LogP contribution in [0.4, 0.5) is 17.1 Å². The van der Waals surface area contributed by atoms with Crippen molar-refractivity contribution in [2.45, 2.75) is 89.4 Å². The number of hydrogen-bond donors (Lipinski definition) is 1. The van der Waals surface area contributed by atoms with Crippen LogP contribution in [0.3, 0.4) is 0 Å². The number of phenolic OH excluding ortho intramolecular Hbond substituents is 1. The normalized spacial score (nSPS) is 18.1. The predicted octanol–water partition coefficient (Wildman–Crippen LogP) is 10.9. The topological polar surface area (TPSA) is 69.7 Å². The number of phenols is 1. The van der Waals surface area contributed by atoms with E-state index in [1.807, 2.05) is 12.1 Å². The third-order valence-corrected chi connectivity index (χ3v) is 8.79. The van der Waals surface area contributed by atoms with Crippen molar-refractivity contribution in [3.63, 3.8) is 0 Å². The zero-order valence-corrected chi connectivity index (χ0v) is 23.4. The molecule has 202 valence electrons. The van der Waals surface area contributed by atoms with Crippen molar-refractivity contribution in [1.29, 1.82) is 0 Å². The number of hydrogen-bond acceptors (Lipinski definition) is 5. The zero-order valence-electron chi connectivity index (χ0n) is 23.4. The van der Waals surface area contributed by atoms with Crippen molar-refractivity contribution in [2.24, 2.45) is 20.5 Å². The third kappa shape index (κ3) is 5.88. The van der Waals surface area contributed by atoms with Crippen LogP contribution >= 0.6 is 0 Å². The number of aryl methyl sites for hydroxylation is 2. The lowest BCUT2D eigenvalue weighted by molar-refractivity contribution is 0.346. The third-order valence-electron chi connectivity index (χ3n) is 8.79. The Kier molecular flexibility index (Phi) is 8.35. The van der Waals surface area contributed by atoms with Gasteiger partial charge in [0.1, 0.15) is 11.4 Å². The fourth-order valence-corrected chi connectivity index (χ4v) is 6.55. The molecule has 3 aromatic carbocycles. The van der Waals surface area contributed by atoms with Crippen molar-refractivity contribution in [3.8, 4) is 5.75 Å². The van der Waals surface area contributed by atoms with Gasteiger partial charge in [-0.05, 0) is 97.5 Å². The van der Waals surface area contributed by atoms with Crippen LogP contribution in [-0.2, 0) is 5.41 Å². The highest BCUT2D eigenvalue weighted by Gasteiger charge is 2.36. The van der Waals surface area contributed by atoms with Gasteiger partial charge in [0.2, 0.25) is 0 Å². The molecule has 2 saturated carbocycles. The standard InChI is InChI=1S/C34H40N4O/c1-4-35-36-30-16-14-28(21-24(30)2)34(19-9-6-10-20-34)29-15-17-31(25(3)22-29)37-38-32-23-27(13-18-33(32)39)26-11-7-5-8-12-26/h4,13-18,21-23,26,39H,1,5-12,19-20H2,2-3H3/b36-35+,38-37+. The maximum atomic E-state index is 10.5. The van der Waals surface area contributed by atoms with Gasteiger partial charge in [0.15, 0.2) is 0 Å². The summed E-state index contributed by atoms with van der Waals surface area (Å²) in [6.07, 6.45) is 13.7. The van der Waals surface area contributed by atoms with Crippen LogP contribution < -0.4 is 0 Å². The van der Waals surface area contributed by atoms with Crippen LogP contribution in [0.2, 0.25) is 0 Å². The molecule has 0 saturated heterocycles. The van der Waals surface area contributed by atoms with Gasteiger partial charge in [-0.15, -0.1) is 5.11 Å². The molecular weight excluding hydrogens is 480 g/mol. The van der Waals surface area contributed by atoms with E-state index in [-0.39, 0.29) is 11.2 Å². The van der Waals surface area contributed by atoms with Crippen molar-refractivity contribution in [1.82, 2.24) is 0 Å². The van der Waals surface area contributed by atoms with E-state index in [4.69, 9.17) is 0 Å². The van der Waals surface area contributed by atoms with E-state index in [1.165, 1.54) is 74.3 Å². The average Bonchev–Trinajstić information content (AvgIpc) is 2.97. The molecule has 5 nitrogen and oxygen atoms in total. The Morgan fingerprint density at radius 3 is 1.92 bits per heavy atom. The van der Waals surface area contributed by atoms with Gasteiger partial charge in [0, 0.05) is 11.6 Å². The average molecular weight is 521 g/mol. The van der Waals surface area contributed by atoms with Crippen molar-refractivity contribution in [3.05, 3.63) is 95.2 Å². The van der Waals surface area contributed by atoms with E-state index < -0.39 is 0 Å². The van der Waals surface area contributed by atoms with Gasteiger partial charge in [-0.2, -0.15) is 15.3 Å². The number of azo groups is 2. The lowest BCUT2D eigenvalue weighted by atomic mass is 9.65. The lowest BCUT2D eigenvalue weighted by Crippen LogP contribution is -2.30. The fraction of sp³-hybridized carbons (Fsp3) is 0.412. The summed E-state index contributed by atoms with van der Waals surface area (Å²) in [5, 5.41) is 27.8. The second-order valence-electron chi connectivity index (χ2n) is 11.3. The quantitative estimate of drug-likeness (QED) is 0.309. The van der Waals surface area contributed by atoms with Crippen LogP contribution in [-0.4, -0.2) is 5.11 Å². The van der Waals surface area contributed by atoms with Gasteiger partial charge in [-0.3, -0.25) is 0 Å². The first-order valence-corrected chi connectivity index (χ1v) is 14.5. The summed E-state index contributed by atoms with van der Waals surface area (Å²) in [5.74, 6) is 0.740. The highest BCUT2D eigenvalue weighted by atomic mass is 16.3. The van der Waals surface area contributed by atoms with Crippen LogP contribution in [0.5, 0.6) is 5.75 Å². The minimum atomic E-state index is -0.0237. The summed E-state index contributed by atoms with van der Waals surface area (Å²) in [7, 11) is 0. The molecule has 0 spiro atoms. The van der Waals surface area contributed by atoms with Crippen LogP contribution in [0.25, 0.3) is 0 Å². The summed E-state index contributed by atoms with van der Waals surface area (Å²) >= 11 is 0. The van der Waals surface area contributed by atoms with Gasteiger partial charge in [0.25, 0.3) is 0 Å². The van der Waals surface area contributed by atoms with Gasteiger partial charge in [-0.1, -0.05) is 75.4 Å². The van der Waals surface area contributed by atoms with Gasteiger partial charge in [-0.25, -0.2) is 0 Å². The predicted molar refractivity (Wildman–Crippen MR) is 159 cm³/mol. The zero-order chi connectivity index (χ0) is 27.2. The minimum absolute atomic E-state index is 0.0237. The van der Waals surface area contributed by atoms with Gasteiger partial charge >= 0.3 is 0 Å². The molecule has 2 aliphatic carbocycles. The molecule has 5 rings (SSSR count). The van der Waals surface area contributed by atoms with E-state index in [0.29, 0.717) is 11.6 Å².